The smallest absolute Gasteiger partial charge is 0.234 e. The molecule has 4 heteroatoms. The second kappa shape index (κ2) is 6.34. The van der Waals surface area contributed by atoms with E-state index < -0.39 is 0 Å². The molecule has 0 spiro atoms. The topological polar surface area (TPSA) is 46.3 Å². The Labute approximate surface area is 113 Å². The van der Waals surface area contributed by atoms with Gasteiger partial charge in [-0.2, -0.15) is 0 Å². The third-order valence-corrected chi connectivity index (χ3v) is 4.82. The normalized spacial score (nSPS) is 25.2. The molecule has 18 heavy (non-hydrogen) atoms. The lowest BCUT2D eigenvalue weighted by atomic mass is 9.89. The van der Waals surface area contributed by atoms with Crippen molar-refractivity contribution in [1.29, 1.82) is 0 Å². The summed E-state index contributed by atoms with van der Waals surface area (Å²) in [5, 5.41) is 2.11. The number of primary amides is 1. The number of carbonyl (C=O) groups excluding carboxylic acids is 1. The highest BCUT2D eigenvalue weighted by atomic mass is 32.1. The van der Waals surface area contributed by atoms with Crippen molar-refractivity contribution in [2.24, 2.45) is 5.73 Å². The summed E-state index contributed by atoms with van der Waals surface area (Å²) in [6.45, 7) is 4.18. The van der Waals surface area contributed by atoms with E-state index in [4.69, 9.17) is 5.73 Å². The van der Waals surface area contributed by atoms with Crippen LogP contribution in [-0.2, 0) is 4.79 Å². The average molecular weight is 266 g/mol. The van der Waals surface area contributed by atoms with Gasteiger partial charge in [-0.3, -0.25) is 9.69 Å². The summed E-state index contributed by atoms with van der Waals surface area (Å²) in [5.41, 5.74) is 5.57. The molecule has 1 aliphatic heterocycles. The zero-order valence-corrected chi connectivity index (χ0v) is 11.8. The van der Waals surface area contributed by atoms with Crippen LogP contribution in [0.3, 0.4) is 0 Å². The fourth-order valence-corrected chi connectivity index (χ4v) is 3.60. The predicted octanol–water partition coefficient (Wildman–Crippen LogP) is 2.58. The minimum absolute atomic E-state index is 0.0719. The van der Waals surface area contributed by atoms with Crippen LogP contribution in [0.2, 0.25) is 0 Å². The maximum absolute atomic E-state index is 11.6. The standard InChI is InChI=1S/C14H22N2OS/c1-2-3-7-16-8-6-11(10-12(16)14(15)17)13-5-4-9-18-13/h4-5,9,11-12H,2-3,6-8,10H2,1H3,(H2,15,17). The van der Waals surface area contributed by atoms with E-state index in [1.807, 2.05) is 0 Å². The van der Waals surface area contributed by atoms with E-state index in [0.29, 0.717) is 5.92 Å². The summed E-state index contributed by atoms with van der Waals surface area (Å²) in [7, 11) is 0. The van der Waals surface area contributed by atoms with Gasteiger partial charge in [-0.25, -0.2) is 0 Å². The first-order valence-corrected chi connectivity index (χ1v) is 7.67. The Balaban J connectivity index is 2.01. The van der Waals surface area contributed by atoms with E-state index in [-0.39, 0.29) is 11.9 Å². The minimum Gasteiger partial charge on any atom is -0.368 e. The molecule has 100 valence electrons. The summed E-state index contributed by atoms with van der Waals surface area (Å²) in [6.07, 6.45) is 4.34. The number of carbonyl (C=O) groups is 1. The van der Waals surface area contributed by atoms with Gasteiger partial charge in [0.1, 0.15) is 0 Å². The minimum atomic E-state index is -0.160. The van der Waals surface area contributed by atoms with E-state index in [1.165, 1.54) is 4.88 Å². The molecule has 2 N–H and O–H groups in total. The Morgan fingerprint density at radius 3 is 3.06 bits per heavy atom. The van der Waals surface area contributed by atoms with Crippen LogP contribution in [0.1, 0.15) is 43.4 Å². The van der Waals surface area contributed by atoms with Crippen molar-refractivity contribution in [1.82, 2.24) is 4.90 Å². The van der Waals surface area contributed by atoms with Gasteiger partial charge < -0.3 is 5.73 Å². The third kappa shape index (κ3) is 3.12. The molecule has 1 aromatic heterocycles. The molecule has 0 aromatic carbocycles. The molecule has 3 nitrogen and oxygen atoms in total. The molecule has 2 atom stereocenters. The van der Waals surface area contributed by atoms with E-state index in [1.54, 1.807) is 11.3 Å². The second-order valence-corrected chi connectivity index (χ2v) is 6.02. The van der Waals surface area contributed by atoms with E-state index >= 15 is 0 Å². The van der Waals surface area contributed by atoms with E-state index in [0.717, 1.165) is 38.8 Å². The quantitative estimate of drug-likeness (QED) is 0.890. The largest absolute Gasteiger partial charge is 0.368 e. The molecule has 1 fully saturated rings. The number of likely N-dealkylation sites (tertiary alicyclic amines) is 1. The van der Waals surface area contributed by atoms with Gasteiger partial charge in [0.05, 0.1) is 6.04 Å². The Morgan fingerprint density at radius 2 is 2.44 bits per heavy atom. The molecule has 1 aromatic rings. The molecule has 1 aliphatic rings. The number of hydrogen-bond acceptors (Lipinski definition) is 3. The molecule has 0 aliphatic carbocycles. The summed E-state index contributed by atoms with van der Waals surface area (Å²) < 4.78 is 0. The second-order valence-electron chi connectivity index (χ2n) is 5.04. The fraction of sp³-hybridized carbons (Fsp3) is 0.643. The summed E-state index contributed by atoms with van der Waals surface area (Å²) in [6, 6.07) is 4.19. The van der Waals surface area contributed by atoms with Crippen LogP contribution in [0, 0.1) is 0 Å². The van der Waals surface area contributed by atoms with Gasteiger partial charge in [0.25, 0.3) is 0 Å². The van der Waals surface area contributed by atoms with Crippen LogP contribution in [0.25, 0.3) is 0 Å². The molecule has 2 heterocycles. The number of unbranched alkanes of at least 4 members (excludes halogenated alkanes) is 1. The lowest BCUT2D eigenvalue weighted by Gasteiger charge is -2.37. The highest BCUT2D eigenvalue weighted by Gasteiger charge is 2.32. The highest BCUT2D eigenvalue weighted by Crippen LogP contribution is 2.34. The van der Waals surface area contributed by atoms with Crippen LogP contribution in [0.4, 0.5) is 0 Å². The molecule has 0 bridgehead atoms. The number of amides is 1. The number of thiophene rings is 1. The van der Waals surface area contributed by atoms with Crippen LogP contribution in [-0.4, -0.2) is 29.9 Å². The number of rotatable bonds is 5. The van der Waals surface area contributed by atoms with Crippen LogP contribution in [0.5, 0.6) is 0 Å². The number of hydrogen-bond donors (Lipinski definition) is 1. The Hall–Kier alpha value is -0.870. The number of piperidine rings is 1. The van der Waals surface area contributed by atoms with Crippen molar-refractivity contribution in [2.45, 2.75) is 44.6 Å². The average Bonchev–Trinajstić information content (AvgIpc) is 2.90. The maximum atomic E-state index is 11.6. The molecular formula is C14H22N2OS. The monoisotopic (exact) mass is 266 g/mol. The summed E-state index contributed by atoms with van der Waals surface area (Å²) in [5.74, 6) is 0.354. The Bertz CT molecular complexity index is 377. The summed E-state index contributed by atoms with van der Waals surface area (Å²) in [4.78, 5) is 15.3. The molecule has 1 saturated heterocycles. The molecule has 0 saturated carbocycles. The van der Waals surface area contributed by atoms with E-state index in [2.05, 4.69) is 29.3 Å². The van der Waals surface area contributed by atoms with Gasteiger partial charge in [-0.05, 0) is 49.7 Å². The van der Waals surface area contributed by atoms with Crippen molar-refractivity contribution < 1.29 is 4.79 Å². The number of nitrogens with two attached hydrogens (primary N) is 1. The first-order chi connectivity index (χ1) is 8.72. The molecular weight excluding hydrogens is 244 g/mol. The lowest BCUT2D eigenvalue weighted by Crippen LogP contribution is -2.49. The molecule has 2 unspecified atom stereocenters. The van der Waals surface area contributed by atoms with Gasteiger partial charge in [-0.15, -0.1) is 11.3 Å². The molecule has 1 amide bonds. The lowest BCUT2D eigenvalue weighted by molar-refractivity contribution is -0.124. The van der Waals surface area contributed by atoms with Crippen molar-refractivity contribution >= 4 is 17.2 Å². The maximum Gasteiger partial charge on any atom is 0.234 e. The summed E-state index contributed by atoms with van der Waals surface area (Å²) >= 11 is 1.79. The van der Waals surface area contributed by atoms with Crippen LogP contribution >= 0.6 is 11.3 Å². The van der Waals surface area contributed by atoms with Crippen molar-refractivity contribution in [3.63, 3.8) is 0 Å². The first kappa shape index (κ1) is 13.6. The van der Waals surface area contributed by atoms with Crippen LogP contribution in [0.15, 0.2) is 17.5 Å². The number of nitrogens with zero attached hydrogens (tertiary/aromatic N) is 1. The fourth-order valence-electron chi connectivity index (χ4n) is 2.72. The molecule has 0 radical (unpaired) electrons. The predicted molar refractivity (Wildman–Crippen MR) is 75.8 cm³/mol. The third-order valence-electron chi connectivity index (χ3n) is 3.79. The van der Waals surface area contributed by atoms with Gasteiger partial charge in [0.15, 0.2) is 0 Å². The zero-order valence-electron chi connectivity index (χ0n) is 11.0. The van der Waals surface area contributed by atoms with E-state index in [9.17, 15) is 4.79 Å². The first-order valence-electron chi connectivity index (χ1n) is 6.79. The SMILES string of the molecule is CCCCN1CCC(c2cccs2)CC1C(N)=O. The Morgan fingerprint density at radius 1 is 1.61 bits per heavy atom. The van der Waals surface area contributed by atoms with Crippen LogP contribution < -0.4 is 5.73 Å². The Kier molecular flexibility index (Phi) is 4.78. The van der Waals surface area contributed by atoms with Gasteiger partial charge >= 0.3 is 0 Å². The van der Waals surface area contributed by atoms with Crippen molar-refractivity contribution in [2.75, 3.05) is 13.1 Å². The molecule has 2 rings (SSSR count). The van der Waals surface area contributed by atoms with Gasteiger partial charge in [0.2, 0.25) is 5.91 Å². The van der Waals surface area contributed by atoms with Crippen molar-refractivity contribution in [3.05, 3.63) is 22.4 Å². The zero-order chi connectivity index (χ0) is 13.0. The van der Waals surface area contributed by atoms with Gasteiger partial charge in [0, 0.05) is 4.88 Å². The van der Waals surface area contributed by atoms with Crippen molar-refractivity contribution in [3.8, 4) is 0 Å². The highest BCUT2D eigenvalue weighted by molar-refractivity contribution is 7.10. The van der Waals surface area contributed by atoms with Gasteiger partial charge in [-0.1, -0.05) is 19.4 Å².